The Morgan fingerprint density at radius 1 is 0.952 bits per heavy atom. The van der Waals surface area contributed by atoms with Gasteiger partial charge in [0.1, 0.15) is 11.9 Å². The Kier molecular flexibility index (Phi) is 3.52. The smallest absolute Gasteiger partial charge is 0.157 e. The zero-order valence-corrected chi connectivity index (χ0v) is 12.5. The molecule has 0 N–H and O–H groups in total. The summed E-state index contributed by atoms with van der Waals surface area (Å²) < 4.78 is 5.22. The SMILES string of the molecule is COc1ccc(C2N(C)N=C(c3ccccc3)N2C)cc1. The first-order valence-corrected chi connectivity index (χ1v) is 6.94. The van der Waals surface area contributed by atoms with Gasteiger partial charge >= 0.3 is 0 Å². The fraction of sp³-hybridized carbons (Fsp3) is 0.235. The van der Waals surface area contributed by atoms with Crippen molar-refractivity contribution >= 4 is 5.84 Å². The number of nitrogens with zero attached hydrogens (tertiary/aromatic N) is 3. The van der Waals surface area contributed by atoms with E-state index in [2.05, 4.69) is 41.3 Å². The van der Waals surface area contributed by atoms with Gasteiger partial charge in [0, 0.05) is 19.7 Å². The molecule has 1 heterocycles. The minimum atomic E-state index is 0.103. The average molecular weight is 281 g/mol. The molecule has 3 rings (SSSR count). The Hall–Kier alpha value is -2.49. The van der Waals surface area contributed by atoms with E-state index in [1.54, 1.807) is 7.11 Å². The van der Waals surface area contributed by atoms with Crippen LogP contribution >= 0.6 is 0 Å². The number of hydrogen-bond donors (Lipinski definition) is 0. The molecule has 1 unspecified atom stereocenters. The molecule has 2 aromatic carbocycles. The van der Waals surface area contributed by atoms with Crippen LogP contribution in [0.4, 0.5) is 0 Å². The second-order valence-electron chi connectivity index (χ2n) is 5.12. The highest BCUT2D eigenvalue weighted by molar-refractivity contribution is 5.99. The minimum absolute atomic E-state index is 0.103. The van der Waals surface area contributed by atoms with E-state index in [4.69, 9.17) is 4.74 Å². The van der Waals surface area contributed by atoms with Crippen LogP contribution in [0.2, 0.25) is 0 Å². The lowest BCUT2D eigenvalue weighted by Gasteiger charge is -2.27. The number of hydrogen-bond acceptors (Lipinski definition) is 4. The van der Waals surface area contributed by atoms with Gasteiger partial charge in [-0.05, 0) is 17.7 Å². The molecule has 4 heteroatoms. The average Bonchev–Trinajstić information content (AvgIpc) is 2.83. The van der Waals surface area contributed by atoms with Gasteiger partial charge in [-0.15, -0.1) is 0 Å². The normalized spacial score (nSPS) is 17.9. The van der Waals surface area contributed by atoms with Crippen LogP contribution in [0.15, 0.2) is 59.7 Å². The van der Waals surface area contributed by atoms with Crippen molar-refractivity contribution in [1.29, 1.82) is 0 Å². The molecule has 0 aliphatic carbocycles. The minimum Gasteiger partial charge on any atom is -0.497 e. The molecule has 4 nitrogen and oxygen atoms in total. The van der Waals surface area contributed by atoms with Gasteiger partial charge < -0.3 is 9.64 Å². The summed E-state index contributed by atoms with van der Waals surface area (Å²) >= 11 is 0. The number of rotatable bonds is 3. The summed E-state index contributed by atoms with van der Waals surface area (Å²) in [6.07, 6.45) is 0.103. The predicted molar refractivity (Wildman–Crippen MR) is 84.2 cm³/mol. The van der Waals surface area contributed by atoms with Crippen molar-refractivity contribution in [2.45, 2.75) is 6.17 Å². The molecule has 0 aromatic heterocycles. The number of benzene rings is 2. The lowest BCUT2D eigenvalue weighted by molar-refractivity contribution is 0.183. The van der Waals surface area contributed by atoms with E-state index in [0.717, 1.165) is 17.1 Å². The Balaban J connectivity index is 1.89. The van der Waals surface area contributed by atoms with Gasteiger partial charge in [-0.2, -0.15) is 5.10 Å². The fourth-order valence-electron chi connectivity index (χ4n) is 2.71. The molecule has 0 saturated heterocycles. The van der Waals surface area contributed by atoms with Crippen LogP contribution in [0.5, 0.6) is 5.75 Å². The van der Waals surface area contributed by atoms with Crippen molar-refractivity contribution in [3.63, 3.8) is 0 Å². The van der Waals surface area contributed by atoms with Gasteiger partial charge in [0.2, 0.25) is 0 Å². The summed E-state index contributed by atoms with van der Waals surface area (Å²) in [5.74, 6) is 1.85. The van der Waals surface area contributed by atoms with Crippen molar-refractivity contribution in [1.82, 2.24) is 9.91 Å². The van der Waals surface area contributed by atoms with Crippen LogP contribution < -0.4 is 4.74 Å². The third-order valence-corrected chi connectivity index (χ3v) is 3.75. The largest absolute Gasteiger partial charge is 0.497 e. The lowest BCUT2D eigenvalue weighted by atomic mass is 10.1. The predicted octanol–water partition coefficient (Wildman–Crippen LogP) is 2.93. The van der Waals surface area contributed by atoms with Crippen molar-refractivity contribution in [3.05, 3.63) is 65.7 Å². The van der Waals surface area contributed by atoms with Crippen LogP contribution in [0.3, 0.4) is 0 Å². The first-order valence-electron chi connectivity index (χ1n) is 6.94. The second kappa shape index (κ2) is 5.48. The molecule has 0 fully saturated rings. The maximum Gasteiger partial charge on any atom is 0.157 e. The Morgan fingerprint density at radius 2 is 1.62 bits per heavy atom. The zero-order valence-electron chi connectivity index (χ0n) is 12.5. The standard InChI is InChI=1S/C17H19N3O/c1-19-16(13-7-5-4-6-8-13)18-20(2)17(19)14-9-11-15(21-3)12-10-14/h4-12,17H,1-3H3. The summed E-state index contributed by atoms with van der Waals surface area (Å²) in [4.78, 5) is 2.19. The van der Waals surface area contributed by atoms with E-state index in [1.165, 1.54) is 5.56 Å². The maximum atomic E-state index is 5.22. The number of hydrazone groups is 1. The van der Waals surface area contributed by atoms with Crippen molar-refractivity contribution in [2.24, 2.45) is 5.10 Å². The third-order valence-electron chi connectivity index (χ3n) is 3.75. The summed E-state index contributed by atoms with van der Waals surface area (Å²) in [6, 6.07) is 18.4. The van der Waals surface area contributed by atoms with E-state index in [-0.39, 0.29) is 6.17 Å². The molecule has 0 radical (unpaired) electrons. The second-order valence-corrected chi connectivity index (χ2v) is 5.12. The highest BCUT2D eigenvalue weighted by Gasteiger charge is 2.30. The topological polar surface area (TPSA) is 28.1 Å². The Bertz CT molecular complexity index is 637. The fourth-order valence-corrected chi connectivity index (χ4v) is 2.71. The molecule has 0 spiro atoms. The van der Waals surface area contributed by atoms with Crippen LogP contribution in [-0.2, 0) is 0 Å². The summed E-state index contributed by atoms with van der Waals surface area (Å²) in [6.45, 7) is 0. The molecule has 0 bridgehead atoms. The Labute approximate surface area is 125 Å². The lowest BCUT2D eigenvalue weighted by Crippen LogP contribution is -2.30. The summed E-state index contributed by atoms with van der Waals surface area (Å²) in [5.41, 5.74) is 2.32. The monoisotopic (exact) mass is 281 g/mol. The van der Waals surface area contributed by atoms with Gasteiger partial charge in [-0.1, -0.05) is 42.5 Å². The quantitative estimate of drug-likeness (QED) is 0.866. The third kappa shape index (κ3) is 2.44. The number of methoxy groups -OCH3 is 1. The molecule has 108 valence electrons. The van der Waals surface area contributed by atoms with Crippen LogP contribution in [0.1, 0.15) is 17.3 Å². The van der Waals surface area contributed by atoms with E-state index >= 15 is 0 Å². The number of ether oxygens (including phenoxy) is 1. The van der Waals surface area contributed by atoms with Crippen LogP contribution in [0.25, 0.3) is 0 Å². The van der Waals surface area contributed by atoms with E-state index in [0.29, 0.717) is 0 Å². The molecule has 0 amide bonds. The molecular weight excluding hydrogens is 262 g/mol. The molecule has 21 heavy (non-hydrogen) atoms. The molecule has 1 aliphatic rings. The highest BCUT2D eigenvalue weighted by Crippen LogP contribution is 2.31. The molecule has 1 aliphatic heterocycles. The molecule has 1 atom stereocenters. The number of amidine groups is 1. The van der Waals surface area contributed by atoms with Crippen molar-refractivity contribution in [2.75, 3.05) is 21.2 Å². The molecule has 2 aromatic rings. The summed E-state index contributed by atoms with van der Waals surface area (Å²) in [7, 11) is 5.75. The van der Waals surface area contributed by atoms with Crippen molar-refractivity contribution < 1.29 is 4.74 Å². The van der Waals surface area contributed by atoms with Crippen LogP contribution in [0, 0.1) is 0 Å². The zero-order chi connectivity index (χ0) is 14.8. The van der Waals surface area contributed by atoms with Gasteiger partial charge in [0.15, 0.2) is 5.84 Å². The highest BCUT2D eigenvalue weighted by atomic mass is 16.5. The van der Waals surface area contributed by atoms with E-state index < -0.39 is 0 Å². The Morgan fingerprint density at radius 3 is 2.24 bits per heavy atom. The van der Waals surface area contributed by atoms with E-state index in [9.17, 15) is 0 Å². The molecular formula is C17H19N3O. The maximum absolute atomic E-state index is 5.22. The van der Waals surface area contributed by atoms with Crippen molar-refractivity contribution in [3.8, 4) is 5.75 Å². The van der Waals surface area contributed by atoms with Gasteiger partial charge in [0.25, 0.3) is 0 Å². The first kappa shape index (κ1) is 13.5. The van der Waals surface area contributed by atoms with Crippen LogP contribution in [-0.4, -0.2) is 36.9 Å². The van der Waals surface area contributed by atoms with E-state index in [1.807, 2.05) is 42.4 Å². The first-order chi connectivity index (χ1) is 10.2. The van der Waals surface area contributed by atoms with Gasteiger partial charge in [-0.3, -0.25) is 5.01 Å². The summed E-state index contributed by atoms with van der Waals surface area (Å²) in [5, 5.41) is 6.68. The van der Waals surface area contributed by atoms with Gasteiger partial charge in [0.05, 0.1) is 7.11 Å². The molecule has 0 saturated carbocycles. The van der Waals surface area contributed by atoms with Gasteiger partial charge in [-0.25, -0.2) is 0 Å².